The summed E-state index contributed by atoms with van der Waals surface area (Å²) in [5.74, 6) is -0.358. The van der Waals surface area contributed by atoms with Crippen LogP contribution in [-0.2, 0) is 14.5 Å². The van der Waals surface area contributed by atoms with Crippen molar-refractivity contribution in [1.29, 1.82) is 0 Å². The van der Waals surface area contributed by atoms with Crippen molar-refractivity contribution >= 4 is 5.97 Å². The van der Waals surface area contributed by atoms with Gasteiger partial charge in [0.05, 0.1) is 11.1 Å². The molecule has 1 aliphatic rings. The van der Waals surface area contributed by atoms with Gasteiger partial charge in [-0.15, -0.1) is 15.2 Å². The molecule has 1 saturated heterocycles. The van der Waals surface area contributed by atoms with Gasteiger partial charge in [-0.1, -0.05) is 6.92 Å². The van der Waals surface area contributed by atoms with Gasteiger partial charge in [-0.05, 0) is 40.5 Å². The molecule has 1 heterocycles. The second-order valence-electron chi connectivity index (χ2n) is 5.93. The first-order valence-corrected chi connectivity index (χ1v) is 6.43. The van der Waals surface area contributed by atoms with Crippen LogP contribution in [0.5, 0.6) is 0 Å². The van der Waals surface area contributed by atoms with E-state index in [-0.39, 0.29) is 17.9 Å². The van der Waals surface area contributed by atoms with Crippen LogP contribution in [0.1, 0.15) is 53.9 Å². The average Bonchev–Trinajstić information content (AvgIpc) is 2.28. The molecule has 0 aliphatic carbocycles. The Labute approximate surface area is 112 Å². The Balaban J connectivity index is 2.98. The summed E-state index contributed by atoms with van der Waals surface area (Å²) in [6.45, 7) is 9.16. The van der Waals surface area contributed by atoms with E-state index in [2.05, 4.69) is 0 Å². The molecule has 0 aromatic rings. The van der Waals surface area contributed by atoms with Gasteiger partial charge in [-0.25, -0.2) is 0 Å². The molecule has 0 amide bonds. The quantitative estimate of drug-likeness (QED) is 0.576. The van der Waals surface area contributed by atoms with Gasteiger partial charge >= 0.3 is 5.97 Å². The molecule has 19 heavy (non-hydrogen) atoms. The fourth-order valence-corrected chi connectivity index (χ4v) is 2.54. The molecule has 1 fully saturated rings. The van der Waals surface area contributed by atoms with E-state index < -0.39 is 16.7 Å². The van der Waals surface area contributed by atoms with E-state index in [1.165, 1.54) is 0 Å². The molecular formula is C12H22N2O5. The maximum absolute atomic E-state index is 11.5. The van der Waals surface area contributed by atoms with Crippen LogP contribution >= 0.6 is 0 Å². The summed E-state index contributed by atoms with van der Waals surface area (Å²) in [5.41, 5.74) is -1.15. The van der Waals surface area contributed by atoms with E-state index in [0.29, 0.717) is 12.8 Å². The maximum Gasteiger partial charge on any atom is 0.324 e. The van der Waals surface area contributed by atoms with E-state index in [1.54, 1.807) is 25.8 Å². The Morgan fingerprint density at radius 3 is 2.47 bits per heavy atom. The minimum absolute atomic E-state index is 0.253. The second-order valence-corrected chi connectivity index (χ2v) is 5.93. The maximum atomic E-state index is 11.5. The Hall–Kier alpha value is -1.37. The van der Waals surface area contributed by atoms with Gasteiger partial charge in [0.15, 0.2) is 0 Å². The van der Waals surface area contributed by atoms with Crippen LogP contribution < -0.4 is 0 Å². The predicted molar refractivity (Wildman–Crippen MR) is 67.5 cm³/mol. The molecule has 1 atom stereocenters. The van der Waals surface area contributed by atoms with E-state index in [4.69, 9.17) is 9.68 Å². The molecule has 0 bridgehead atoms. The molecule has 0 aromatic carbocycles. The normalized spacial score (nSPS) is 25.6. The van der Waals surface area contributed by atoms with Gasteiger partial charge in [0.2, 0.25) is 0 Å². The van der Waals surface area contributed by atoms with Crippen molar-refractivity contribution < 1.29 is 19.6 Å². The largest absolute Gasteiger partial charge is 0.367 e. The highest BCUT2D eigenvalue weighted by Gasteiger charge is 2.51. The van der Waals surface area contributed by atoms with Gasteiger partial charge in [-0.2, -0.15) is 0 Å². The molecule has 7 heteroatoms. The zero-order valence-corrected chi connectivity index (χ0v) is 12.1. The summed E-state index contributed by atoms with van der Waals surface area (Å²) in [5, 5.41) is 11.3. The molecule has 0 radical (unpaired) electrons. The van der Waals surface area contributed by atoms with Crippen molar-refractivity contribution in [2.45, 2.75) is 71.1 Å². The summed E-state index contributed by atoms with van der Waals surface area (Å²) in [6, 6.07) is 0. The molecule has 110 valence electrons. The van der Waals surface area contributed by atoms with Crippen molar-refractivity contribution in [3.8, 4) is 0 Å². The van der Waals surface area contributed by atoms with Crippen LogP contribution in [0.15, 0.2) is 0 Å². The summed E-state index contributed by atoms with van der Waals surface area (Å²) in [7, 11) is 0. The lowest BCUT2D eigenvalue weighted by atomic mass is 9.80. The van der Waals surface area contributed by atoms with Crippen LogP contribution in [0.4, 0.5) is 0 Å². The molecule has 0 saturated carbocycles. The van der Waals surface area contributed by atoms with Gasteiger partial charge in [0.1, 0.15) is 6.10 Å². The van der Waals surface area contributed by atoms with E-state index >= 15 is 0 Å². The Morgan fingerprint density at radius 2 is 2.00 bits per heavy atom. The highest BCUT2D eigenvalue weighted by atomic mass is 17.0. The number of piperidine rings is 1. The Bertz CT molecular complexity index is 367. The third-order valence-corrected chi connectivity index (χ3v) is 3.57. The third kappa shape index (κ3) is 3.34. The molecule has 0 N–H and O–H groups in total. The number of nitrogens with zero attached hydrogens (tertiary/aromatic N) is 2. The lowest BCUT2D eigenvalue weighted by Crippen LogP contribution is -2.65. The lowest BCUT2D eigenvalue weighted by molar-refractivity contribution is -0.773. The molecule has 1 rings (SSSR count). The molecule has 0 spiro atoms. The minimum Gasteiger partial charge on any atom is -0.367 e. The molecule has 1 unspecified atom stereocenters. The second kappa shape index (κ2) is 5.32. The lowest BCUT2D eigenvalue weighted by Gasteiger charge is -2.52. The smallest absolute Gasteiger partial charge is 0.324 e. The topological polar surface area (TPSA) is 81.9 Å². The first-order valence-electron chi connectivity index (χ1n) is 6.43. The van der Waals surface area contributed by atoms with E-state index in [1.807, 2.05) is 13.8 Å². The standard InChI is InChI=1S/C12H22N2O5/c1-6-10(15)19-13-11(2,3)8-7-9(12(13,4)5)18-14(16)17/h9H,6-8H2,1-5H3. The molecular weight excluding hydrogens is 252 g/mol. The van der Waals surface area contributed by atoms with Crippen molar-refractivity contribution in [1.82, 2.24) is 5.06 Å². The van der Waals surface area contributed by atoms with Crippen molar-refractivity contribution in [2.24, 2.45) is 0 Å². The monoisotopic (exact) mass is 274 g/mol. The zero-order chi connectivity index (χ0) is 14.8. The summed E-state index contributed by atoms with van der Waals surface area (Å²) in [4.78, 5) is 32.2. The summed E-state index contributed by atoms with van der Waals surface area (Å²) >= 11 is 0. The van der Waals surface area contributed by atoms with Gasteiger partial charge < -0.3 is 9.68 Å². The Morgan fingerprint density at radius 1 is 1.42 bits per heavy atom. The fraction of sp³-hybridized carbons (Fsp3) is 0.917. The van der Waals surface area contributed by atoms with Gasteiger partial charge in [-0.3, -0.25) is 4.79 Å². The highest BCUT2D eigenvalue weighted by molar-refractivity contribution is 5.68. The van der Waals surface area contributed by atoms with Crippen LogP contribution in [0, 0.1) is 10.1 Å². The SMILES string of the molecule is CCC(=O)ON1C(C)(C)CCC(O[N+](=O)[O-])C1(C)C. The van der Waals surface area contributed by atoms with Crippen molar-refractivity contribution in [3.63, 3.8) is 0 Å². The van der Waals surface area contributed by atoms with Crippen LogP contribution in [-0.4, -0.2) is 33.3 Å². The number of rotatable bonds is 4. The predicted octanol–water partition coefficient (Wildman–Crippen LogP) is 2.08. The van der Waals surface area contributed by atoms with E-state index in [9.17, 15) is 14.9 Å². The van der Waals surface area contributed by atoms with Gasteiger partial charge in [0, 0.05) is 6.42 Å². The zero-order valence-electron chi connectivity index (χ0n) is 12.1. The van der Waals surface area contributed by atoms with Crippen LogP contribution in [0.25, 0.3) is 0 Å². The first-order chi connectivity index (χ1) is 8.61. The van der Waals surface area contributed by atoms with Crippen LogP contribution in [0.2, 0.25) is 0 Å². The Kier molecular flexibility index (Phi) is 4.39. The highest BCUT2D eigenvalue weighted by Crippen LogP contribution is 2.40. The first kappa shape index (κ1) is 15.7. The van der Waals surface area contributed by atoms with Crippen molar-refractivity contribution in [2.75, 3.05) is 0 Å². The molecule has 1 aliphatic heterocycles. The van der Waals surface area contributed by atoms with Crippen LogP contribution in [0.3, 0.4) is 0 Å². The number of carbonyl (C=O) groups is 1. The number of hydrogen-bond acceptors (Lipinski definition) is 6. The fourth-order valence-electron chi connectivity index (χ4n) is 2.54. The molecule has 7 nitrogen and oxygen atoms in total. The third-order valence-electron chi connectivity index (χ3n) is 3.57. The average molecular weight is 274 g/mol. The van der Waals surface area contributed by atoms with Gasteiger partial charge in [0.25, 0.3) is 5.09 Å². The summed E-state index contributed by atoms with van der Waals surface area (Å²) < 4.78 is 0. The van der Waals surface area contributed by atoms with E-state index in [0.717, 1.165) is 0 Å². The number of hydrogen-bond donors (Lipinski definition) is 0. The minimum atomic E-state index is -0.787. The van der Waals surface area contributed by atoms with Crippen molar-refractivity contribution in [3.05, 3.63) is 10.1 Å². The summed E-state index contributed by atoms with van der Waals surface area (Å²) in [6.07, 6.45) is 0.816. The molecule has 0 aromatic heterocycles. The number of hydroxylamine groups is 2. The number of carbonyl (C=O) groups excluding carboxylic acids is 1.